The van der Waals surface area contributed by atoms with E-state index < -0.39 is 8.07 Å². The van der Waals surface area contributed by atoms with E-state index in [1.165, 1.54) is 54.8 Å². The minimum atomic E-state index is -3.16. The van der Waals surface area contributed by atoms with Gasteiger partial charge in [-0.2, -0.15) is 46.8 Å². The molecule has 2 aromatic heterocycles. The standard InChI is InChI=1S/C64H50N4Si.Pt/c1-64(2,3)67-45-66(59-36-18-19-37-60(59)67)49-26-20-31-52(43-49)69(50-27-12-6-13-28-50,51-29-14-7-15-30-51)53-38-39-57-56-32-16-17-35-58(56)68(61(57)44-53)62-42-48(40-41-65-62)63-54(46-22-8-4-9-23-46)33-21-34-55(63)47-24-10-5-11-25-47;/h4-42H,45H2,1-3H3;/q-2;+2. The number of anilines is 3. The molecule has 12 rings (SSSR count). The summed E-state index contributed by atoms with van der Waals surface area (Å²) in [5.74, 6) is 0.838. The minimum Gasteiger partial charge on any atom is -0.347 e. The molecule has 0 aliphatic carbocycles. The number of aromatic nitrogens is 2. The Hall–Kier alpha value is -7.56. The zero-order chi connectivity index (χ0) is 46.5. The average molecular weight is 1100 g/mol. The number of nitrogens with zero attached hydrogens (tertiary/aromatic N) is 4. The van der Waals surface area contributed by atoms with Crippen LogP contribution in [0, 0.1) is 12.1 Å². The molecule has 1 aliphatic rings. The predicted octanol–water partition coefficient (Wildman–Crippen LogP) is 12.9. The molecule has 0 fully saturated rings. The van der Waals surface area contributed by atoms with Crippen molar-refractivity contribution in [3.05, 3.63) is 249 Å². The summed E-state index contributed by atoms with van der Waals surface area (Å²) >= 11 is 0. The van der Waals surface area contributed by atoms with Crippen LogP contribution in [0.1, 0.15) is 20.8 Å². The number of hydrogen-bond donors (Lipinski definition) is 0. The van der Waals surface area contributed by atoms with Gasteiger partial charge in [-0.05, 0) is 100 Å². The van der Waals surface area contributed by atoms with E-state index in [1.807, 2.05) is 6.20 Å². The van der Waals surface area contributed by atoms with Gasteiger partial charge >= 0.3 is 21.1 Å². The van der Waals surface area contributed by atoms with E-state index >= 15 is 0 Å². The van der Waals surface area contributed by atoms with Gasteiger partial charge in [-0.25, -0.2) is 4.98 Å². The molecular weight excluding hydrogens is 1050 g/mol. The maximum atomic E-state index is 5.21. The van der Waals surface area contributed by atoms with Crippen molar-refractivity contribution >= 4 is 67.7 Å². The van der Waals surface area contributed by atoms with Gasteiger partial charge in [0, 0.05) is 17.3 Å². The summed E-state index contributed by atoms with van der Waals surface area (Å²) in [7, 11) is -3.16. The largest absolute Gasteiger partial charge is 2.00 e. The second-order valence-corrected chi connectivity index (χ2v) is 22.7. The van der Waals surface area contributed by atoms with Crippen LogP contribution in [0.5, 0.6) is 0 Å². The molecule has 6 heteroatoms. The second-order valence-electron chi connectivity index (χ2n) is 18.9. The zero-order valence-electron chi connectivity index (χ0n) is 39.3. The van der Waals surface area contributed by atoms with Crippen molar-refractivity contribution in [3.8, 4) is 39.2 Å². The summed E-state index contributed by atoms with van der Waals surface area (Å²) in [6.45, 7) is 7.61. The normalized spacial score (nSPS) is 12.6. The summed E-state index contributed by atoms with van der Waals surface area (Å²) in [5.41, 5.74) is 12.5. The Balaban J connectivity index is 0.00000533. The van der Waals surface area contributed by atoms with Crippen molar-refractivity contribution < 1.29 is 21.1 Å². The van der Waals surface area contributed by atoms with Crippen LogP contribution in [0.2, 0.25) is 0 Å². The van der Waals surface area contributed by atoms with Crippen LogP contribution in [0.4, 0.5) is 17.1 Å². The molecular formula is C64H50N4PtSi. The summed E-state index contributed by atoms with van der Waals surface area (Å²) < 4.78 is 2.34. The Kier molecular flexibility index (Phi) is 11.8. The molecule has 3 heterocycles. The number of rotatable bonds is 9. The summed E-state index contributed by atoms with van der Waals surface area (Å²) in [5, 5.41) is 7.16. The number of hydrogen-bond acceptors (Lipinski definition) is 3. The van der Waals surface area contributed by atoms with E-state index in [2.05, 4.69) is 278 Å². The topological polar surface area (TPSA) is 24.3 Å². The van der Waals surface area contributed by atoms with Gasteiger partial charge in [0.25, 0.3) is 0 Å². The van der Waals surface area contributed by atoms with Crippen LogP contribution >= 0.6 is 0 Å². The first-order valence-corrected chi connectivity index (χ1v) is 25.8. The Morgan fingerprint density at radius 2 is 1.04 bits per heavy atom. The fourth-order valence-electron chi connectivity index (χ4n) is 10.8. The molecule has 9 aromatic carbocycles. The molecule has 0 saturated heterocycles. The third-order valence-corrected chi connectivity index (χ3v) is 18.5. The van der Waals surface area contributed by atoms with Crippen molar-refractivity contribution in [3.63, 3.8) is 0 Å². The molecule has 0 bridgehead atoms. The first-order chi connectivity index (χ1) is 33.9. The van der Waals surface area contributed by atoms with Crippen molar-refractivity contribution in [2.45, 2.75) is 26.3 Å². The first kappa shape index (κ1) is 44.9. The van der Waals surface area contributed by atoms with Gasteiger partial charge in [-0.15, -0.1) is 11.5 Å². The van der Waals surface area contributed by atoms with Gasteiger partial charge in [-0.1, -0.05) is 181 Å². The number of para-hydroxylation sites is 3. The molecule has 70 heavy (non-hydrogen) atoms. The van der Waals surface area contributed by atoms with Crippen molar-refractivity contribution in [1.82, 2.24) is 9.55 Å². The fourth-order valence-corrected chi connectivity index (χ4v) is 15.3. The van der Waals surface area contributed by atoms with Crippen LogP contribution in [0.25, 0.3) is 61.0 Å². The van der Waals surface area contributed by atoms with Gasteiger partial charge in [-0.3, -0.25) is 0 Å². The quantitative estimate of drug-likeness (QED) is 0.0818. The molecule has 0 radical (unpaired) electrons. The van der Waals surface area contributed by atoms with E-state index in [0.29, 0.717) is 0 Å². The van der Waals surface area contributed by atoms with Crippen molar-refractivity contribution in [2.75, 3.05) is 16.5 Å². The smallest absolute Gasteiger partial charge is 0.347 e. The Bertz CT molecular complexity index is 3550. The van der Waals surface area contributed by atoms with Crippen LogP contribution in [0.15, 0.2) is 237 Å². The van der Waals surface area contributed by atoms with E-state index in [9.17, 15) is 0 Å². The van der Waals surface area contributed by atoms with Gasteiger partial charge in [0.1, 0.15) is 13.9 Å². The predicted molar refractivity (Wildman–Crippen MR) is 292 cm³/mol. The van der Waals surface area contributed by atoms with E-state index in [1.54, 1.807) is 0 Å². The Morgan fingerprint density at radius 1 is 0.486 bits per heavy atom. The van der Waals surface area contributed by atoms with Crippen LogP contribution in [-0.2, 0) is 21.1 Å². The summed E-state index contributed by atoms with van der Waals surface area (Å²) in [6, 6.07) is 92.1. The Morgan fingerprint density at radius 3 is 1.69 bits per heavy atom. The molecule has 0 atom stereocenters. The van der Waals surface area contributed by atoms with Gasteiger partial charge < -0.3 is 14.4 Å². The van der Waals surface area contributed by atoms with Gasteiger partial charge in [0.05, 0.1) is 18.0 Å². The molecule has 340 valence electrons. The minimum absolute atomic E-state index is 0. The zero-order valence-corrected chi connectivity index (χ0v) is 42.6. The molecule has 4 nitrogen and oxygen atoms in total. The van der Waals surface area contributed by atoms with Crippen LogP contribution in [-0.4, -0.2) is 29.8 Å². The molecule has 0 N–H and O–H groups in total. The molecule has 1 aliphatic heterocycles. The Labute approximate surface area is 426 Å². The van der Waals surface area contributed by atoms with E-state index in [0.717, 1.165) is 50.7 Å². The second kappa shape index (κ2) is 18.4. The monoisotopic (exact) mass is 1100 g/mol. The average Bonchev–Trinajstić information content (AvgIpc) is 3.97. The van der Waals surface area contributed by atoms with E-state index in [-0.39, 0.29) is 26.6 Å². The van der Waals surface area contributed by atoms with Crippen molar-refractivity contribution in [1.29, 1.82) is 0 Å². The third kappa shape index (κ3) is 7.62. The van der Waals surface area contributed by atoms with Crippen LogP contribution < -0.4 is 30.5 Å². The molecule has 0 saturated carbocycles. The molecule has 0 unspecified atom stereocenters. The maximum Gasteiger partial charge on any atom is 2.00 e. The SMILES string of the molecule is CC(C)(C)N1CN(c2[c-]c([Si](c3[c-]c4c(cc3)c3ccccc3n4-c3cc(-c4c(-c5ccccc5)cccc4-c4ccccc4)ccn3)(c3ccccc3)c3ccccc3)ccc2)c2ccccc21.[Pt+2]. The summed E-state index contributed by atoms with van der Waals surface area (Å²) in [6.07, 6.45) is 1.97. The van der Waals surface area contributed by atoms with Gasteiger partial charge in [0.2, 0.25) is 0 Å². The van der Waals surface area contributed by atoms with Crippen LogP contribution in [0.3, 0.4) is 0 Å². The van der Waals surface area contributed by atoms with E-state index in [4.69, 9.17) is 4.98 Å². The number of fused-ring (bicyclic) bond motifs is 4. The van der Waals surface area contributed by atoms with Crippen molar-refractivity contribution in [2.24, 2.45) is 0 Å². The third-order valence-electron chi connectivity index (χ3n) is 13.9. The number of benzene rings is 9. The molecule has 11 aromatic rings. The fraction of sp³-hybridized carbons (Fsp3) is 0.0781. The number of pyridine rings is 1. The maximum absolute atomic E-state index is 5.21. The van der Waals surface area contributed by atoms with Gasteiger partial charge in [0.15, 0.2) is 0 Å². The molecule has 0 spiro atoms. The molecule has 0 amide bonds. The summed E-state index contributed by atoms with van der Waals surface area (Å²) in [4.78, 5) is 10.1. The first-order valence-electron chi connectivity index (χ1n) is 23.8.